The highest BCUT2D eigenvalue weighted by Gasteiger charge is 2.14. The van der Waals surface area contributed by atoms with Crippen LogP contribution in [0.4, 0.5) is 4.79 Å². The van der Waals surface area contributed by atoms with E-state index in [9.17, 15) is 9.59 Å². The molecule has 8 heteroatoms. The lowest BCUT2D eigenvalue weighted by Crippen LogP contribution is -2.41. The van der Waals surface area contributed by atoms with E-state index in [-0.39, 0.29) is 13.1 Å². The summed E-state index contributed by atoms with van der Waals surface area (Å²) in [5.41, 5.74) is 1.68. The van der Waals surface area contributed by atoms with Gasteiger partial charge in [-0.1, -0.05) is 0 Å². The second-order valence-corrected chi connectivity index (χ2v) is 3.83. The Morgan fingerprint density at radius 2 is 2.17 bits per heavy atom. The Morgan fingerprint density at radius 1 is 1.50 bits per heavy atom. The molecule has 8 nitrogen and oxygen atoms in total. The van der Waals surface area contributed by atoms with Crippen LogP contribution in [0.15, 0.2) is 6.20 Å². The van der Waals surface area contributed by atoms with Gasteiger partial charge >= 0.3 is 12.0 Å². The van der Waals surface area contributed by atoms with E-state index in [1.165, 1.54) is 0 Å². The van der Waals surface area contributed by atoms with Crippen LogP contribution in [0.25, 0.3) is 0 Å². The normalized spacial score (nSPS) is 11.9. The Hall–Kier alpha value is -2.09. The van der Waals surface area contributed by atoms with Crippen molar-refractivity contribution >= 4 is 12.0 Å². The molecule has 0 bridgehead atoms. The maximum Gasteiger partial charge on any atom is 0.334 e. The van der Waals surface area contributed by atoms with Crippen molar-refractivity contribution in [3.05, 3.63) is 17.5 Å². The summed E-state index contributed by atoms with van der Waals surface area (Å²) < 4.78 is 1.64. The van der Waals surface area contributed by atoms with Gasteiger partial charge in [0.15, 0.2) is 6.10 Å². The molecule has 1 aromatic heterocycles. The third kappa shape index (κ3) is 4.06. The molecule has 0 fully saturated rings. The fourth-order valence-electron chi connectivity index (χ4n) is 1.34. The van der Waals surface area contributed by atoms with Crippen molar-refractivity contribution in [1.29, 1.82) is 0 Å². The van der Waals surface area contributed by atoms with Crippen LogP contribution in [0, 0.1) is 6.92 Å². The topological polar surface area (TPSA) is 116 Å². The number of amides is 2. The summed E-state index contributed by atoms with van der Waals surface area (Å²) in [7, 11) is 1.78. The minimum absolute atomic E-state index is 0.286. The molecule has 0 spiro atoms. The van der Waals surface area contributed by atoms with Crippen LogP contribution in [0.1, 0.15) is 11.3 Å². The van der Waals surface area contributed by atoms with Gasteiger partial charge in [0.1, 0.15) is 0 Å². The SMILES string of the molecule is Cc1nn(C)cc1CNC(=O)NC[C@H](O)C(=O)O. The van der Waals surface area contributed by atoms with Gasteiger partial charge in [0.05, 0.1) is 12.2 Å². The van der Waals surface area contributed by atoms with Crippen molar-refractivity contribution in [2.24, 2.45) is 7.05 Å². The zero-order chi connectivity index (χ0) is 13.7. The first-order chi connectivity index (χ1) is 8.40. The number of urea groups is 1. The van der Waals surface area contributed by atoms with Gasteiger partial charge in [-0.15, -0.1) is 0 Å². The molecule has 1 heterocycles. The monoisotopic (exact) mass is 256 g/mol. The lowest BCUT2D eigenvalue weighted by atomic mass is 10.3. The number of aliphatic hydroxyl groups excluding tert-OH is 1. The molecule has 0 aromatic carbocycles. The van der Waals surface area contributed by atoms with Gasteiger partial charge in [0, 0.05) is 25.4 Å². The Bertz CT molecular complexity index is 443. The summed E-state index contributed by atoms with van der Waals surface area (Å²) in [5.74, 6) is -1.38. The molecule has 0 saturated carbocycles. The Kier molecular flexibility index (Phi) is 4.67. The molecule has 2 amide bonds. The van der Waals surface area contributed by atoms with Gasteiger partial charge in [-0.2, -0.15) is 5.10 Å². The van der Waals surface area contributed by atoms with Crippen LogP contribution >= 0.6 is 0 Å². The Balaban J connectivity index is 2.33. The van der Waals surface area contributed by atoms with Gasteiger partial charge < -0.3 is 20.8 Å². The minimum atomic E-state index is -1.60. The second-order valence-electron chi connectivity index (χ2n) is 3.83. The van der Waals surface area contributed by atoms with Gasteiger partial charge in [0.2, 0.25) is 0 Å². The number of hydrogen-bond donors (Lipinski definition) is 4. The zero-order valence-electron chi connectivity index (χ0n) is 10.2. The molecule has 0 aliphatic carbocycles. The first-order valence-corrected chi connectivity index (χ1v) is 5.32. The van der Waals surface area contributed by atoms with E-state index in [4.69, 9.17) is 10.2 Å². The van der Waals surface area contributed by atoms with Crippen LogP contribution in [0.3, 0.4) is 0 Å². The molecule has 0 aliphatic rings. The van der Waals surface area contributed by atoms with Crippen LogP contribution < -0.4 is 10.6 Å². The average molecular weight is 256 g/mol. The number of carboxylic acids is 1. The number of carbonyl (C=O) groups is 2. The highest BCUT2D eigenvalue weighted by Crippen LogP contribution is 2.03. The summed E-state index contributed by atoms with van der Waals surface area (Å²) in [6.07, 6.45) is 0.178. The minimum Gasteiger partial charge on any atom is -0.479 e. The van der Waals surface area contributed by atoms with Crippen LogP contribution in [-0.4, -0.2) is 44.6 Å². The highest BCUT2D eigenvalue weighted by atomic mass is 16.4. The third-order valence-corrected chi connectivity index (χ3v) is 2.30. The molecule has 4 N–H and O–H groups in total. The Labute approximate surface area is 104 Å². The number of nitrogens with one attached hydrogen (secondary N) is 2. The first-order valence-electron chi connectivity index (χ1n) is 5.32. The third-order valence-electron chi connectivity index (χ3n) is 2.30. The fraction of sp³-hybridized carbons (Fsp3) is 0.500. The van der Waals surface area contributed by atoms with E-state index >= 15 is 0 Å². The molecule has 0 unspecified atom stereocenters. The molecular weight excluding hydrogens is 240 g/mol. The number of nitrogens with zero attached hydrogens (tertiary/aromatic N) is 2. The number of aliphatic carboxylic acids is 1. The summed E-state index contributed by atoms with van der Waals surface area (Å²) in [5, 5.41) is 26.3. The first kappa shape index (κ1) is 14.0. The number of aromatic nitrogens is 2. The summed E-state index contributed by atoms with van der Waals surface area (Å²) >= 11 is 0. The van der Waals surface area contributed by atoms with Crippen molar-refractivity contribution in [1.82, 2.24) is 20.4 Å². The van der Waals surface area contributed by atoms with Gasteiger partial charge in [0.25, 0.3) is 0 Å². The molecule has 1 atom stereocenters. The van der Waals surface area contributed by atoms with Crippen molar-refractivity contribution < 1.29 is 19.8 Å². The largest absolute Gasteiger partial charge is 0.479 e. The average Bonchev–Trinajstić information content (AvgIpc) is 2.61. The van der Waals surface area contributed by atoms with Crippen LogP contribution in [0.2, 0.25) is 0 Å². The summed E-state index contributed by atoms with van der Waals surface area (Å²) in [6.45, 7) is 1.77. The van der Waals surface area contributed by atoms with Crippen molar-refractivity contribution in [3.63, 3.8) is 0 Å². The fourth-order valence-corrected chi connectivity index (χ4v) is 1.34. The highest BCUT2D eigenvalue weighted by molar-refractivity contribution is 5.76. The predicted molar refractivity (Wildman–Crippen MR) is 61.8 cm³/mol. The van der Waals surface area contributed by atoms with Crippen LogP contribution in [0.5, 0.6) is 0 Å². The van der Waals surface area contributed by atoms with E-state index in [0.29, 0.717) is 0 Å². The molecular formula is C10H16N4O4. The van der Waals surface area contributed by atoms with E-state index in [0.717, 1.165) is 11.3 Å². The van der Waals surface area contributed by atoms with Crippen molar-refractivity contribution in [2.45, 2.75) is 19.6 Å². The lowest BCUT2D eigenvalue weighted by Gasteiger charge is -2.08. The quantitative estimate of drug-likeness (QED) is 0.537. The molecule has 0 aliphatic heterocycles. The van der Waals surface area contributed by atoms with Crippen molar-refractivity contribution in [2.75, 3.05) is 6.54 Å². The number of hydrogen-bond acceptors (Lipinski definition) is 4. The van der Waals surface area contributed by atoms with E-state index in [2.05, 4.69) is 15.7 Å². The number of rotatable bonds is 5. The molecule has 1 rings (SSSR count). The number of carboxylic acid groups (broad SMARTS) is 1. The van der Waals surface area contributed by atoms with E-state index < -0.39 is 18.1 Å². The molecule has 1 aromatic rings. The summed E-state index contributed by atoms with van der Waals surface area (Å²) in [4.78, 5) is 21.6. The van der Waals surface area contributed by atoms with Gasteiger partial charge in [-0.05, 0) is 6.92 Å². The smallest absolute Gasteiger partial charge is 0.334 e. The number of carbonyl (C=O) groups excluding carboxylic acids is 1. The lowest BCUT2D eigenvalue weighted by molar-refractivity contribution is -0.146. The molecule has 0 saturated heterocycles. The van der Waals surface area contributed by atoms with Crippen LogP contribution in [-0.2, 0) is 18.4 Å². The summed E-state index contributed by atoms with van der Waals surface area (Å²) in [6, 6.07) is -0.543. The molecule has 18 heavy (non-hydrogen) atoms. The maximum absolute atomic E-state index is 11.3. The second kappa shape index (κ2) is 6.01. The zero-order valence-corrected chi connectivity index (χ0v) is 10.2. The van der Waals surface area contributed by atoms with E-state index in [1.54, 1.807) is 17.9 Å². The van der Waals surface area contributed by atoms with Crippen molar-refractivity contribution in [3.8, 4) is 0 Å². The maximum atomic E-state index is 11.3. The standard InChI is InChI=1S/C10H16N4O4/c1-6-7(5-14(2)13-6)3-11-10(18)12-4-8(15)9(16)17/h5,8,15H,3-4H2,1-2H3,(H,16,17)(H2,11,12,18)/t8-/m0/s1. The molecule has 100 valence electrons. The van der Waals surface area contributed by atoms with Gasteiger partial charge in [-0.25, -0.2) is 9.59 Å². The number of aryl methyl sites for hydroxylation is 2. The van der Waals surface area contributed by atoms with E-state index in [1.807, 2.05) is 6.92 Å². The van der Waals surface area contributed by atoms with Gasteiger partial charge in [-0.3, -0.25) is 4.68 Å². The number of aliphatic hydroxyl groups is 1. The predicted octanol–water partition coefficient (Wildman–Crippen LogP) is -1.03. The Morgan fingerprint density at radius 3 is 2.67 bits per heavy atom. The molecule has 0 radical (unpaired) electrons.